The van der Waals surface area contributed by atoms with Crippen LogP contribution >= 0.6 is 0 Å². The number of amides is 1. The minimum absolute atomic E-state index is 0.0368. The summed E-state index contributed by atoms with van der Waals surface area (Å²) in [6, 6.07) is 8.12. The van der Waals surface area contributed by atoms with Crippen LogP contribution in [0.5, 0.6) is 0 Å². The number of piperidine rings is 3. The lowest BCUT2D eigenvalue weighted by atomic mass is 9.84. The van der Waals surface area contributed by atoms with Crippen LogP contribution in [0, 0.1) is 5.92 Å². The summed E-state index contributed by atoms with van der Waals surface area (Å²) >= 11 is 0. The van der Waals surface area contributed by atoms with Crippen molar-refractivity contribution in [3.05, 3.63) is 29.8 Å². The highest BCUT2D eigenvalue weighted by Gasteiger charge is 2.33. The Hall–Kier alpha value is -1.59. The van der Waals surface area contributed by atoms with E-state index in [9.17, 15) is 4.79 Å². The van der Waals surface area contributed by atoms with Crippen molar-refractivity contribution in [2.75, 3.05) is 38.1 Å². The molecule has 1 aromatic rings. The zero-order valence-electron chi connectivity index (χ0n) is 12.2. The molecule has 3 saturated heterocycles. The number of nitrogens with zero attached hydrogens (tertiary/aromatic N) is 1. The largest absolute Gasteiger partial charge is 0.395 e. The molecule has 2 bridgehead atoms. The van der Waals surface area contributed by atoms with Gasteiger partial charge < -0.3 is 20.6 Å². The van der Waals surface area contributed by atoms with Crippen molar-refractivity contribution < 1.29 is 9.90 Å². The summed E-state index contributed by atoms with van der Waals surface area (Å²) in [6.45, 7) is 3.87. The normalized spacial score (nSPS) is 27.4. The summed E-state index contributed by atoms with van der Waals surface area (Å²) < 4.78 is 0. The summed E-state index contributed by atoms with van der Waals surface area (Å²) in [6.07, 6.45) is 2.58. The molecule has 3 heterocycles. The Balaban J connectivity index is 1.58. The summed E-state index contributed by atoms with van der Waals surface area (Å²) in [5.74, 6) is 0.640. The fraction of sp³-hybridized carbons (Fsp3) is 0.562. The van der Waals surface area contributed by atoms with E-state index >= 15 is 0 Å². The molecule has 3 aliphatic rings. The van der Waals surface area contributed by atoms with Gasteiger partial charge in [-0.25, -0.2) is 0 Å². The third-order valence-corrected chi connectivity index (χ3v) is 4.55. The summed E-state index contributed by atoms with van der Waals surface area (Å²) in [5, 5.41) is 15.0. The first-order valence-corrected chi connectivity index (χ1v) is 7.74. The Morgan fingerprint density at radius 3 is 2.52 bits per heavy atom. The Morgan fingerprint density at radius 2 is 1.95 bits per heavy atom. The van der Waals surface area contributed by atoms with Gasteiger partial charge in [-0.3, -0.25) is 4.79 Å². The molecule has 0 aromatic heterocycles. The fourth-order valence-electron chi connectivity index (χ4n) is 3.33. The lowest BCUT2D eigenvalue weighted by Crippen LogP contribution is -2.53. The maximum atomic E-state index is 11.8. The van der Waals surface area contributed by atoms with Crippen LogP contribution in [0.1, 0.15) is 23.2 Å². The molecule has 0 saturated carbocycles. The number of nitrogens with one attached hydrogen (secondary N) is 2. The van der Waals surface area contributed by atoms with E-state index < -0.39 is 0 Å². The van der Waals surface area contributed by atoms with E-state index in [0.717, 1.165) is 18.2 Å². The number of anilines is 1. The van der Waals surface area contributed by atoms with Gasteiger partial charge in [-0.05, 0) is 56.1 Å². The van der Waals surface area contributed by atoms with E-state index in [1.165, 1.54) is 25.9 Å². The van der Waals surface area contributed by atoms with E-state index in [1.54, 1.807) is 0 Å². The second kappa shape index (κ2) is 6.45. The van der Waals surface area contributed by atoms with E-state index in [-0.39, 0.29) is 12.5 Å². The van der Waals surface area contributed by atoms with Crippen LogP contribution in [-0.4, -0.2) is 54.7 Å². The number of hydrogen-bond acceptors (Lipinski definition) is 4. The van der Waals surface area contributed by atoms with Crippen LogP contribution < -0.4 is 10.6 Å². The van der Waals surface area contributed by atoms with Gasteiger partial charge in [0.2, 0.25) is 0 Å². The molecule has 0 radical (unpaired) electrons. The number of aliphatic hydroxyl groups is 1. The maximum absolute atomic E-state index is 11.8. The molecule has 4 rings (SSSR count). The summed E-state index contributed by atoms with van der Waals surface area (Å²) in [5.41, 5.74) is 1.70. The van der Waals surface area contributed by atoms with E-state index in [2.05, 4.69) is 15.5 Å². The first-order valence-electron chi connectivity index (χ1n) is 7.74. The molecule has 1 amide bonds. The van der Waals surface area contributed by atoms with Crippen LogP contribution in [0.4, 0.5) is 5.69 Å². The predicted molar refractivity (Wildman–Crippen MR) is 82.4 cm³/mol. The van der Waals surface area contributed by atoms with Crippen LogP contribution in [0.25, 0.3) is 0 Å². The average molecular weight is 289 g/mol. The second-order valence-electron chi connectivity index (χ2n) is 5.95. The highest BCUT2D eigenvalue weighted by atomic mass is 16.3. The second-order valence-corrected chi connectivity index (χ2v) is 5.95. The molecule has 21 heavy (non-hydrogen) atoms. The van der Waals surface area contributed by atoms with Crippen LogP contribution in [-0.2, 0) is 0 Å². The van der Waals surface area contributed by atoms with E-state index in [0.29, 0.717) is 18.2 Å². The standard InChI is InChI=1S/C16H23N3O2/c20-10-7-17-16(21)13-1-3-14(4-2-13)18-15-11-19-8-5-12(15)6-9-19/h1-4,12,15,18,20H,5-11H2,(H,17,21). The minimum Gasteiger partial charge on any atom is -0.395 e. The lowest BCUT2D eigenvalue weighted by molar-refractivity contribution is 0.0944. The number of fused-ring (bicyclic) bond motifs is 3. The molecule has 1 aromatic carbocycles. The van der Waals surface area contributed by atoms with E-state index in [4.69, 9.17) is 5.11 Å². The number of aliphatic hydroxyl groups excluding tert-OH is 1. The number of rotatable bonds is 5. The van der Waals surface area contributed by atoms with E-state index in [1.807, 2.05) is 24.3 Å². The average Bonchev–Trinajstić information content (AvgIpc) is 2.54. The highest BCUT2D eigenvalue weighted by molar-refractivity contribution is 5.94. The van der Waals surface area contributed by atoms with Crippen molar-refractivity contribution in [1.29, 1.82) is 0 Å². The van der Waals surface area contributed by atoms with Crippen LogP contribution in [0.2, 0.25) is 0 Å². The molecular weight excluding hydrogens is 266 g/mol. The Bertz CT molecular complexity index is 481. The first kappa shape index (κ1) is 14.4. The third kappa shape index (κ3) is 3.36. The Morgan fingerprint density at radius 1 is 1.24 bits per heavy atom. The topological polar surface area (TPSA) is 64.6 Å². The summed E-state index contributed by atoms with van der Waals surface area (Å²) in [7, 11) is 0. The lowest BCUT2D eigenvalue weighted by Gasteiger charge is -2.45. The van der Waals surface area contributed by atoms with Gasteiger partial charge in [-0.2, -0.15) is 0 Å². The van der Waals surface area contributed by atoms with Gasteiger partial charge in [0.05, 0.1) is 6.61 Å². The number of benzene rings is 1. The van der Waals surface area contributed by atoms with Crippen molar-refractivity contribution in [3.63, 3.8) is 0 Å². The fourth-order valence-corrected chi connectivity index (χ4v) is 3.33. The van der Waals surface area contributed by atoms with Crippen molar-refractivity contribution >= 4 is 11.6 Å². The Labute approximate surface area is 125 Å². The smallest absolute Gasteiger partial charge is 0.251 e. The van der Waals surface area contributed by atoms with Gasteiger partial charge >= 0.3 is 0 Å². The van der Waals surface area contributed by atoms with Gasteiger partial charge in [0.1, 0.15) is 0 Å². The van der Waals surface area contributed by atoms with Crippen LogP contribution in [0.3, 0.4) is 0 Å². The molecule has 114 valence electrons. The third-order valence-electron chi connectivity index (χ3n) is 4.55. The molecular formula is C16H23N3O2. The SMILES string of the molecule is O=C(NCCO)c1ccc(NC2CN3CCC2CC3)cc1. The first-order chi connectivity index (χ1) is 10.3. The molecule has 1 atom stereocenters. The molecule has 3 fully saturated rings. The quantitative estimate of drug-likeness (QED) is 0.754. The molecule has 0 spiro atoms. The zero-order chi connectivity index (χ0) is 14.7. The minimum atomic E-state index is -0.140. The molecule has 1 unspecified atom stereocenters. The highest BCUT2D eigenvalue weighted by Crippen LogP contribution is 2.29. The van der Waals surface area contributed by atoms with Gasteiger partial charge in [-0.15, -0.1) is 0 Å². The zero-order valence-corrected chi connectivity index (χ0v) is 12.2. The van der Waals surface area contributed by atoms with Gasteiger partial charge in [0.15, 0.2) is 0 Å². The number of carbonyl (C=O) groups excluding carboxylic acids is 1. The number of carbonyl (C=O) groups is 1. The number of hydrogen-bond donors (Lipinski definition) is 3. The molecule has 3 aliphatic heterocycles. The predicted octanol–water partition coefficient (Wildman–Crippen LogP) is 0.915. The van der Waals surface area contributed by atoms with Crippen molar-refractivity contribution in [3.8, 4) is 0 Å². The molecule has 5 nitrogen and oxygen atoms in total. The molecule has 5 heteroatoms. The van der Waals surface area contributed by atoms with Crippen molar-refractivity contribution in [2.24, 2.45) is 5.92 Å². The maximum Gasteiger partial charge on any atom is 0.251 e. The van der Waals surface area contributed by atoms with Crippen molar-refractivity contribution in [2.45, 2.75) is 18.9 Å². The van der Waals surface area contributed by atoms with Crippen LogP contribution in [0.15, 0.2) is 24.3 Å². The molecule has 0 aliphatic carbocycles. The van der Waals surface area contributed by atoms with Gasteiger partial charge in [-0.1, -0.05) is 0 Å². The van der Waals surface area contributed by atoms with Gasteiger partial charge in [0, 0.05) is 30.4 Å². The van der Waals surface area contributed by atoms with Crippen molar-refractivity contribution in [1.82, 2.24) is 10.2 Å². The summed E-state index contributed by atoms with van der Waals surface area (Å²) in [4.78, 5) is 14.3. The monoisotopic (exact) mass is 289 g/mol. The Kier molecular flexibility index (Phi) is 4.41. The van der Waals surface area contributed by atoms with Gasteiger partial charge in [0.25, 0.3) is 5.91 Å². The molecule has 3 N–H and O–H groups in total.